The first kappa shape index (κ1) is 20.4. The number of hydrogen-bond acceptors (Lipinski definition) is 6. The smallest absolute Gasteiger partial charge is 0.263 e. The maximum Gasteiger partial charge on any atom is 0.263 e. The molecular weight excluding hydrogens is 418 g/mol. The number of amides is 1. The van der Waals surface area contributed by atoms with E-state index in [1.54, 1.807) is 13.0 Å². The summed E-state index contributed by atoms with van der Waals surface area (Å²) in [6.45, 7) is 1.48. The molecule has 9 heteroatoms. The summed E-state index contributed by atoms with van der Waals surface area (Å²) >= 11 is 0. The van der Waals surface area contributed by atoms with E-state index in [0.29, 0.717) is 17.2 Å². The minimum Gasteiger partial charge on any atom is -0.483 e. The summed E-state index contributed by atoms with van der Waals surface area (Å²) in [5, 5.41) is 8.24. The Morgan fingerprint density at radius 3 is 2.52 bits per heavy atom. The lowest BCUT2D eigenvalue weighted by Gasteiger charge is -2.10. The fourth-order valence-corrected chi connectivity index (χ4v) is 3.97. The van der Waals surface area contributed by atoms with Gasteiger partial charge in [0.2, 0.25) is 0 Å². The predicted octanol–water partition coefficient (Wildman–Crippen LogP) is 3.95. The molecule has 31 heavy (non-hydrogen) atoms. The van der Waals surface area contributed by atoms with E-state index in [1.807, 2.05) is 36.4 Å². The summed E-state index contributed by atoms with van der Waals surface area (Å²) in [6.07, 6.45) is 0. The number of aromatic nitrogens is 1. The molecule has 158 valence electrons. The first-order chi connectivity index (χ1) is 14.9. The van der Waals surface area contributed by atoms with Gasteiger partial charge >= 0.3 is 0 Å². The fraction of sp³-hybridized carbons (Fsp3) is 0.0909. The zero-order valence-corrected chi connectivity index (χ0v) is 17.3. The van der Waals surface area contributed by atoms with E-state index < -0.39 is 10.0 Å². The van der Waals surface area contributed by atoms with Crippen LogP contribution in [-0.4, -0.2) is 26.1 Å². The van der Waals surface area contributed by atoms with Gasteiger partial charge in [-0.05, 0) is 42.6 Å². The number of hydrogen-bond donors (Lipinski definition) is 2. The van der Waals surface area contributed by atoms with Gasteiger partial charge in [-0.1, -0.05) is 41.6 Å². The van der Waals surface area contributed by atoms with E-state index in [9.17, 15) is 13.2 Å². The summed E-state index contributed by atoms with van der Waals surface area (Å²) in [5.41, 5.74) is 0.447. The van der Waals surface area contributed by atoms with Crippen LogP contribution in [0.1, 0.15) is 5.76 Å². The largest absolute Gasteiger partial charge is 0.483 e. The molecule has 8 nitrogen and oxygen atoms in total. The van der Waals surface area contributed by atoms with Crippen molar-refractivity contribution in [2.24, 2.45) is 0 Å². The monoisotopic (exact) mass is 437 g/mol. The number of benzene rings is 3. The predicted molar refractivity (Wildman–Crippen MR) is 117 cm³/mol. The SMILES string of the molecule is Cc1cc(NS(=O)(=O)c2ccc(NC(=O)COc3cccc4ccccc34)cc2)no1. The third-order valence-electron chi connectivity index (χ3n) is 4.42. The molecule has 0 saturated carbocycles. The summed E-state index contributed by atoms with van der Waals surface area (Å²) in [6, 6.07) is 20.6. The molecule has 4 aromatic rings. The van der Waals surface area contributed by atoms with E-state index in [1.165, 1.54) is 30.3 Å². The lowest BCUT2D eigenvalue weighted by atomic mass is 10.1. The molecule has 0 saturated heterocycles. The normalized spacial score (nSPS) is 11.3. The lowest BCUT2D eigenvalue weighted by Crippen LogP contribution is -2.20. The van der Waals surface area contributed by atoms with Crippen LogP contribution in [0.25, 0.3) is 10.8 Å². The number of carbonyl (C=O) groups excluding carboxylic acids is 1. The highest BCUT2D eigenvalue weighted by atomic mass is 32.2. The number of anilines is 2. The van der Waals surface area contributed by atoms with Crippen LogP contribution in [-0.2, 0) is 14.8 Å². The number of aryl methyl sites for hydroxylation is 1. The lowest BCUT2D eigenvalue weighted by molar-refractivity contribution is -0.118. The zero-order valence-electron chi connectivity index (χ0n) is 16.5. The second kappa shape index (κ2) is 8.49. The molecule has 1 amide bonds. The summed E-state index contributed by atoms with van der Waals surface area (Å²) in [4.78, 5) is 12.3. The van der Waals surface area contributed by atoms with Crippen molar-refractivity contribution in [3.63, 3.8) is 0 Å². The molecular formula is C22H19N3O5S. The Labute approximate surface area is 178 Å². The number of carbonyl (C=O) groups is 1. The van der Waals surface area contributed by atoms with Crippen molar-refractivity contribution in [2.45, 2.75) is 11.8 Å². The Balaban J connectivity index is 1.37. The number of nitrogens with zero attached hydrogens (tertiary/aromatic N) is 1. The standard InChI is InChI=1S/C22H19N3O5S/c1-15-13-21(24-30-15)25-31(27,28)18-11-9-17(10-12-18)23-22(26)14-29-20-8-4-6-16-5-2-3-7-19(16)20/h2-13H,14H2,1H3,(H,23,26)(H,24,25). The van der Waals surface area contributed by atoms with Crippen molar-refractivity contribution in [3.8, 4) is 5.75 Å². The third-order valence-corrected chi connectivity index (χ3v) is 5.79. The average Bonchev–Trinajstić information content (AvgIpc) is 3.16. The van der Waals surface area contributed by atoms with Crippen LogP contribution in [0.2, 0.25) is 0 Å². The molecule has 0 spiro atoms. The second-order valence-corrected chi connectivity index (χ2v) is 8.45. The minimum absolute atomic E-state index is 0.0261. The van der Waals surface area contributed by atoms with Crippen molar-refractivity contribution >= 4 is 38.2 Å². The maximum atomic E-state index is 12.4. The van der Waals surface area contributed by atoms with Gasteiger partial charge < -0.3 is 14.6 Å². The Bertz CT molecular complexity index is 1330. The van der Waals surface area contributed by atoms with Crippen LogP contribution >= 0.6 is 0 Å². The Kier molecular flexibility index (Phi) is 5.59. The van der Waals surface area contributed by atoms with E-state index in [4.69, 9.17) is 9.26 Å². The summed E-state index contributed by atoms with van der Waals surface area (Å²) in [7, 11) is -3.82. The molecule has 0 radical (unpaired) electrons. The molecule has 4 rings (SSSR count). The Morgan fingerprint density at radius 1 is 1.03 bits per heavy atom. The maximum absolute atomic E-state index is 12.4. The third kappa shape index (κ3) is 4.84. The highest BCUT2D eigenvalue weighted by molar-refractivity contribution is 7.92. The van der Waals surface area contributed by atoms with Crippen molar-refractivity contribution in [3.05, 3.63) is 78.6 Å². The molecule has 3 aromatic carbocycles. The van der Waals surface area contributed by atoms with Gasteiger partial charge in [-0.25, -0.2) is 8.42 Å². The molecule has 0 aliphatic carbocycles. The first-order valence-corrected chi connectivity index (χ1v) is 10.9. The Morgan fingerprint density at radius 2 is 1.77 bits per heavy atom. The summed E-state index contributed by atoms with van der Waals surface area (Å²) in [5.74, 6) is 0.838. The topological polar surface area (TPSA) is 111 Å². The van der Waals surface area contributed by atoms with Crippen LogP contribution in [0.3, 0.4) is 0 Å². The van der Waals surface area contributed by atoms with Crippen LogP contribution in [0, 0.1) is 6.92 Å². The van der Waals surface area contributed by atoms with Crippen LogP contribution in [0.15, 0.2) is 82.2 Å². The van der Waals surface area contributed by atoms with Gasteiger partial charge in [0.05, 0.1) is 4.90 Å². The number of fused-ring (bicyclic) bond motifs is 1. The first-order valence-electron chi connectivity index (χ1n) is 9.37. The number of sulfonamides is 1. The van der Waals surface area contributed by atoms with Crippen LogP contribution in [0.5, 0.6) is 5.75 Å². The van der Waals surface area contributed by atoms with Crippen LogP contribution in [0.4, 0.5) is 11.5 Å². The average molecular weight is 437 g/mol. The van der Waals surface area contributed by atoms with E-state index in [0.717, 1.165) is 10.8 Å². The van der Waals surface area contributed by atoms with E-state index in [2.05, 4.69) is 15.2 Å². The Hall–Kier alpha value is -3.85. The molecule has 1 heterocycles. The number of ether oxygens (including phenoxy) is 1. The van der Waals surface area contributed by atoms with E-state index in [-0.39, 0.29) is 23.2 Å². The quantitative estimate of drug-likeness (QED) is 0.453. The van der Waals surface area contributed by atoms with Crippen molar-refractivity contribution in [2.75, 3.05) is 16.6 Å². The van der Waals surface area contributed by atoms with Crippen LogP contribution < -0.4 is 14.8 Å². The summed E-state index contributed by atoms with van der Waals surface area (Å²) < 4.78 is 37.7. The minimum atomic E-state index is -3.82. The molecule has 0 aliphatic heterocycles. The van der Waals surface area contributed by atoms with Crippen molar-refractivity contribution in [1.82, 2.24) is 5.16 Å². The number of rotatable bonds is 7. The molecule has 0 aliphatic rings. The van der Waals surface area contributed by atoms with Gasteiger partial charge in [0.1, 0.15) is 11.5 Å². The van der Waals surface area contributed by atoms with Gasteiger partial charge in [-0.2, -0.15) is 0 Å². The van der Waals surface area contributed by atoms with Gasteiger partial charge in [0, 0.05) is 17.1 Å². The van der Waals surface area contributed by atoms with Gasteiger partial charge in [-0.3, -0.25) is 9.52 Å². The van der Waals surface area contributed by atoms with Gasteiger partial charge in [0.15, 0.2) is 12.4 Å². The van der Waals surface area contributed by atoms with E-state index >= 15 is 0 Å². The molecule has 0 atom stereocenters. The highest BCUT2D eigenvalue weighted by Crippen LogP contribution is 2.25. The highest BCUT2D eigenvalue weighted by Gasteiger charge is 2.16. The van der Waals surface area contributed by atoms with Crippen molar-refractivity contribution < 1.29 is 22.5 Å². The van der Waals surface area contributed by atoms with Gasteiger partial charge in [-0.15, -0.1) is 0 Å². The molecule has 0 bridgehead atoms. The molecule has 2 N–H and O–H groups in total. The zero-order chi connectivity index (χ0) is 21.8. The second-order valence-electron chi connectivity index (χ2n) is 6.77. The van der Waals surface area contributed by atoms with Gasteiger partial charge in [0.25, 0.3) is 15.9 Å². The molecule has 0 fully saturated rings. The molecule has 1 aromatic heterocycles. The molecule has 0 unspecified atom stereocenters. The van der Waals surface area contributed by atoms with Crippen molar-refractivity contribution in [1.29, 1.82) is 0 Å². The fourth-order valence-electron chi connectivity index (χ4n) is 2.99. The number of nitrogens with one attached hydrogen (secondary N) is 2.